The van der Waals surface area contributed by atoms with Crippen molar-refractivity contribution in [1.82, 2.24) is 25.0 Å². The number of aromatic nitrogens is 3. The Labute approximate surface area is 152 Å². The number of likely N-dealkylation sites (N-methyl/N-ethyl adjacent to an activating group) is 2. The number of aryl methyl sites for hydroxylation is 1. The van der Waals surface area contributed by atoms with E-state index in [2.05, 4.69) is 52.8 Å². The van der Waals surface area contributed by atoms with Gasteiger partial charge < -0.3 is 14.6 Å². The molecule has 2 fully saturated rings. The predicted molar refractivity (Wildman–Crippen MR) is 99.6 cm³/mol. The van der Waals surface area contributed by atoms with Crippen molar-refractivity contribution in [1.29, 1.82) is 0 Å². The summed E-state index contributed by atoms with van der Waals surface area (Å²) in [5, 5.41) is 12.1. The van der Waals surface area contributed by atoms with Crippen molar-refractivity contribution in [3.8, 4) is 0 Å². The third kappa shape index (κ3) is 4.23. The van der Waals surface area contributed by atoms with Gasteiger partial charge in [-0.05, 0) is 58.5 Å². The molecular weight excluding hydrogens is 314 g/mol. The Morgan fingerprint density at radius 2 is 2.00 bits per heavy atom. The van der Waals surface area contributed by atoms with Crippen molar-refractivity contribution >= 4 is 0 Å². The molecule has 25 heavy (non-hydrogen) atoms. The molecule has 0 unspecified atom stereocenters. The van der Waals surface area contributed by atoms with Gasteiger partial charge >= 0.3 is 0 Å². The quantitative estimate of drug-likeness (QED) is 0.855. The summed E-state index contributed by atoms with van der Waals surface area (Å²) in [5.74, 6) is 2.15. The lowest BCUT2D eigenvalue weighted by Crippen LogP contribution is -2.35. The summed E-state index contributed by atoms with van der Waals surface area (Å²) >= 11 is 0. The molecule has 0 radical (unpaired) electrons. The summed E-state index contributed by atoms with van der Waals surface area (Å²) in [6, 6.07) is 0.514. The number of hydrogen-bond donors (Lipinski definition) is 1. The second-order valence-electron chi connectivity index (χ2n) is 8.92. The van der Waals surface area contributed by atoms with Gasteiger partial charge in [0.25, 0.3) is 0 Å². The molecule has 1 aliphatic heterocycles. The maximum atomic E-state index is 6.28. The highest BCUT2D eigenvalue weighted by Gasteiger charge is 2.46. The molecule has 1 N–H and O–H groups in total. The van der Waals surface area contributed by atoms with Crippen LogP contribution < -0.4 is 5.32 Å². The average molecular weight is 350 g/mol. The Morgan fingerprint density at radius 3 is 2.60 bits per heavy atom. The number of ether oxygens (including phenoxy) is 1. The molecule has 6 heteroatoms. The van der Waals surface area contributed by atoms with Gasteiger partial charge in [0.15, 0.2) is 0 Å². The van der Waals surface area contributed by atoms with Gasteiger partial charge in [0.1, 0.15) is 11.6 Å². The van der Waals surface area contributed by atoms with Crippen molar-refractivity contribution in [2.45, 2.75) is 71.1 Å². The van der Waals surface area contributed by atoms with Gasteiger partial charge in [-0.1, -0.05) is 13.8 Å². The number of hydrogen-bond acceptors (Lipinski definition) is 5. The van der Waals surface area contributed by atoms with E-state index in [1.807, 2.05) is 7.05 Å². The van der Waals surface area contributed by atoms with Crippen LogP contribution in [-0.4, -0.2) is 59.1 Å². The second-order valence-corrected chi connectivity index (χ2v) is 8.92. The fourth-order valence-electron chi connectivity index (χ4n) is 4.65. The van der Waals surface area contributed by atoms with E-state index >= 15 is 0 Å². The molecule has 0 aromatic carbocycles. The van der Waals surface area contributed by atoms with E-state index in [0.717, 1.165) is 50.7 Å². The van der Waals surface area contributed by atoms with E-state index in [4.69, 9.17) is 4.74 Å². The zero-order chi connectivity index (χ0) is 18.1. The molecule has 3 rings (SSSR count). The molecule has 0 bridgehead atoms. The minimum atomic E-state index is 0.131. The first-order valence-electron chi connectivity index (χ1n) is 9.72. The highest BCUT2D eigenvalue weighted by molar-refractivity contribution is 5.02. The maximum Gasteiger partial charge on any atom is 0.147 e. The van der Waals surface area contributed by atoms with E-state index in [1.165, 1.54) is 19.3 Å². The van der Waals surface area contributed by atoms with Gasteiger partial charge in [-0.15, -0.1) is 10.2 Å². The molecule has 0 amide bonds. The van der Waals surface area contributed by atoms with Crippen LogP contribution >= 0.6 is 0 Å². The molecular formula is C19H35N5O. The smallest absolute Gasteiger partial charge is 0.147 e. The van der Waals surface area contributed by atoms with Crippen molar-refractivity contribution in [2.24, 2.45) is 5.41 Å². The van der Waals surface area contributed by atoms with Crippen LogP contribution in [-0.2, 0) is 11.3 Å². The average Bonchev–Trinajstić information content (AvgIpc) is 3.07. The van der Waals surface area contributed by atoms with Crippen molar-refractivity contribution < 1.29 is 4.74 Å². The molecule has 142 valence electrons. The van der Waals surface area contributed by atoms with Crippen LogP contribution in [0.5, 0.6) is 0 Å². The van der Waals surface area contributed by atoms with E-state index in [0.29, 0.717) is 11.5 Å². The first-order chi connectivity index (χ1) is 11.8. The molecule has 2 heterocycles. The van der Waals surface area contributed by atoms with Crippen LogP contribution in [0, 0.1) is 12.3 Å². The van der Waals surface area contributed by atoms with Crippen LogP contribution in [0.25, 0.3) is 0 Å². The van der Waals surface area contributed by atoms with Crippen LogP contribution in [0.15, 0.2) is 0 Å². The Balaban J connectivity index is 1.64. The van der Waals surface area contributed by atoms with Crippen molar-refractivity contribution in [3.05, 3.63) is 11.6 Å². The van der Waals surface area contributed by atoms with Gasteiger partial charge in [-0.2, -0.15) is 0 Å². The molecule has 1 saturated heterocycles. The van der Waals surface area contributed by atoms with Gasteiger partial charge in [-0.25, -0.2) is 0 Å². The van der Waals surface area contributed by atoms with Crippen LogP contribution in [0.2, 0.25) is 0 Å². The Hall–Kier alpha value is -0.980. The molecule has 1 spiro atoms. The van der Waals surface area contributed by atoms with E-state index < -0.39 is 0 Å². The standard InChI is InChI=1S/C19H35N5O/c1-15-21-22-17(12-23(5)11-10-20-4)24(15)16-6-8-19(9-7-16)13-18(2,3)14-25-19/h16,20H,6-14H2,1-5H3/t16-,19-. The third-order valence-corrected chi connectivity index (χ3v) is 5.89. The zero-order valence-electron chi connectivity index (χ0n) is 16.6. The summed E-state index contributed by atoms with van der Waals surface area (Å²) in [7, 11) is 4.14. The fourth-order valence-corrected chi connectivity index (χ4v) is 4.65. The lowest BCUT2D eigenvalue weighted by molar-refractivity contribution is -0.0346. The summed E-state index contributed by atoms with van der Waals surface area (Å²) in [4.78, 5) is 2.31. The first kappa shape index (κ1) is 18.8. The lowest BCUT2D eigenvalue weighted by Gasteiger charge is -2.38. The van der Waals surface area contributed by atoms with Crippen molar-refractivity contribution in [2.75, 3.05) is 33.8 Å². The normalized spacial score (nSPS) is 29.0. The molecule has 2 aliphatic rings. The zero-order valence-corrected chi connectivity index (χ0v) is 16.6. The molecule has 6 nitrogen and oxygen atoms in total. The van der Waals surface area contributed by atoms with Crippen LogP contribution in [0.1, 0.15) is 63.6 Å². The first-order valence-corrected chi connectivity index (χ1v) is 9.72. The van der Waals surface area contributed by atoms with E-state index in [-0.39, 0.29) is 5.60 Å². The Morgan fingerprint density at radius 1 is 1.28 bits per heavy atom. The SMILES string of the molecule is CNCCN(C)Cc1nnc(C)n1[C@H]1CC[C@]2(CC1)CC(C)(C)CO2. The Bertz CT molecular complexity index is 574. The summed E-state index contributed by atoms with van der Waals surface area (Å²) in [6.07, 6.45) is 5.86. The molecule has 1 saturated carbocycles. The number of nitrogens with zero attached hydrogens (tertiary/aromatic N) is 4. The summed E-state index contributed by atoms with van der Waals surface area (Å²) in [6.45, 7) is 10.5. The van der Waals surface area contributed by atoms with Crippen LogP contribution in [0.4, 0.5) is 0 Å². The van der Waals surface area contributed by atoms with Gasteiger partial charge in [-0.3, -0.25) is 4.90 Å². The summed E-state index contributed by atoms with van der Waals surface area (Å²) in [5.41, 5.74) is 0.464. The topological polar surface area (TPSA) is 55.2 Å². The largest absolute Gasteiger partial charge is 0.374 e. The number of nitrogens with one attached hydrogen (secondary N) is 1. The second kappa shape index (κ2) is 7.33. The van der Waals surface area contributed by atoms with Crippen molar-refractivity contribution in [3.63, 3.8) is 0 Å². The Kier molecular flexibility index (Phi) is 5.51. The lowest BCUT2D eigenvalue weighted by atomic mass is 9.75. The van der Waals surface area contributed by atoms with Gasteiger partial charge in [0, 0.05) is 19.1 Å². The maximum absolute atomic E-state index is 6.28. The highest BCUT2D eigenvalue weighted by Crippen LogP contribution is 2.49. The molecule has 1 aromatic heterocycles. The summed E-state index contributed by atoms with van der Waals surface area (Å²) < 4.78 is 8.67. The van der Waals surface area contributed by atoms with E-state index in [1.54, 1.807) is 0 Å². The predicted octanol–water partition coefficient (Wildman–Crippen LogP) is 2.54. The minimum Gasteiger partial charge on any atom is -0.374 e. The number of rotatable bonds is 6. The molecule has 1 aliphatic carbocycles. The molecule has 1 aromatic rings. The minimum absolute atomic E-state index is 0.131. The fraction of sp³-hybridized carbons (Fsp3) is 0.895. The van der Waals surface area contributed by atoms with Crippen LogP contribution in [0.3, 0.4) is 0 Å². The third-order valence-electron chi connectivity index (χ3n) is 5.89. The van der Waals surface area contributed by atoms with E-state index in [9.17, 15) is 0 Å². The monoisotopic (exact) mass is 349 g/mol. The van der Waals surface area contributed by atoms with Gasteiger partial charge in [0.2, 0.25) is 0 Å². The molecule has 0 atom stereocenters. The van der Waals surface area contributed by atoms with Gasteiger partial charge in [0.05, 0.1) is 18.8 Å². The highest BCUT2D eigenvalue weighted by atomic mass is 16.5.